The normalized spacial score (nSPS) is 14.3. The number of fused-ring (bicyclic) bond motifs is 1. The van der Waals surface area contributed by atoms with Gasteiger partial charge in [0, 0.05) is 19.5 Å². The number of hydrogen-bond acceptors (Lipinski definition) is 5. The van der Waals surface area contributed by atoms with Crippen LogP contribution < -0.4 is 10.6 Å². The van der Waals surface area contributed by atoms with E-state index in [-0.39, 0.29) is 41.7 Å². The fourth-order valence-corrected chi connectivity index (χ4v) is 4.78. The minimum Gasteiger partial charge on any atom is -0.352 e. The third-order valence-electron chi connectivity index (χ3n) is 4.66. The monoisotopic (exact) mass is 429 g/mol. The molecule has 3 amide bonds. The van der Waals surface area contributed by atoms with Crippen molar-refractivity contribution in [3.05, 3.63) is 59.7 Å². The van der Waals surface area contributed by atoms with Crippen LogP contribution in [0.15, 0.2) is 53.4 Å². The number of nitrogens with zero attached hydrogens (tertiary/aromatic N) is 1. The highest BCUT2D eigenvalue weighted by Crippen LogP contribution is 2.30. The molecule has 2 N–H and O–H groups in total. The summed E-state index contributed by atoms with van der Waals surface area (Å²) in [5, 5.41) is 5.45. The number of benzene rings is 2. The van der Waals surface area contributed by atoms with Crippen molar-refractivity contribution in [2.24, 2.45) is 0 Å². The van der Waals surface area contributed by atoms with Crippen LogP contribution in [0.25, 0.3) is 0 Å². The molecule has 2 aromatic rings. The van der Waals surface area contributed by atoms with E-state index in [1.54, 1.807) is 36.4 Å². The lowest BCUT2D eigenvalue weighted by atomic mass is 10.1. The van der Waals surface area contributed by atoms with E-state index in [0.717, 1.165) is 10.7 Å². The number of hydrogen-bond donors (Lipinski definition) is 2. The largest absolute Gasteiger partial charge is 0.352 e. The standard InChI is InChI=1S/C21H23N3O5S/c1-2-13-22-20(26)15-8-3-5-10-17(15)23-19(25)12-7-14-24-21(27)16-9-4-6-11-18(16)30(24,28)29/h3-6,8-11H,2,7,12-14H2,1H3,(H,22,26)(H,23,25). The summed E-state index contributed by atoms with van der Waals surface area (Å²) in [5.74, 6) is -1.23. The van der Waals surface area contributed by atoms with Crippen molar-refractivity contribution in [2.75, 3.05) is 18.4 Å². The van der Waals surface area contributed by atoms with E-state index in [2.05, 4.69) is 10.6 Å². The second kappa shape index (κ2) is 9.08. The smallest absolute Gasteiger partial charge is 0.269 e. The van der Waals surface area contributed by atoms with Crippen LogP contribution >= 0.6 is 0 Å². The molecule has 0 bridgehead atoms. The molecular weight excluding hydrogens is 406 g/mol. The number of nitrogens with one attached hydrogen (secondary N) is 2. The van der Waals surface area contributed by atoms with Crippen molar-refractivity contribution in [2.45, 2.75) is 31.1 Å². The first-order valence-electron chi connectivity index (χ1n) is 9.69. The maximum Gasteiger partial charge on any atom is 0.269 e. The van der Waals surface area contributed by atoms with E-state index >= 15 is 0 Å². The summed E-state index contributed by atoms with van der Waals surface area (Å²) in [6.07, 6.45) is 0.956. The Bertz CT molecular complexity index is 1080. The van der Waals surface area contributed by atoms with Crippen LogP contribution in [0.3, 0.4) is 0 Å². The second-order valence-corrected chi connectivity index (χ2v) is 8.66. The van der Waals surface area contributed by atoms with Gasteiger partial charge in [0.05, 0.1) is 16.8 Å². The average Bonchev–Trinajstić information content (AvgIpc) is 2.93. The number of sulfonamides is 1. The van der Waals surface area contributed by atoms with Crippen LogP contribution in [0.1, 0.15) is 46.9 Å². The van der Waals surface area contributed by atoms with E-state index in [1.165, 1.54) is 12.1 Å². The zero-order chi connectivity index (χ0) is 21.7. The lowest BCUT2D eigenvalue weighted by Crippen LogP contribution is -2.31. The molecule has 1 heterocycles. The quantitative estimate of drug-likeness (QED) is 0.669. The van der Waals surface area contributed by atoms with Gasteiger partial charge in [0.2, 0.25) is 5.91 Å². The zero-order valence-corrected chi connectivity index (χ0v) is 17.4. The van der Waals surface area contributed by atoms with Crippen LogP contribution in [0, 0.1) is 0 Å². The van der Waals surface area contributed by atoms with E-state index in [9.17, 15) is 22.8 Å². The number of anilines is 1. The molecule has 30 heavy (non-hydrogen) atoms. The van der Waals surface area contributed by atoms with Gasteiger partial charge in [-0.2, -0.15) is 0 Å². The summed E-state index contributed by atoms with van der Waals surface area (Å²) in [6.45, 7) is 2.38. The molecule has 1 aliphatic rings. The predicted molar refractivity (Wildman–Crippen MR) is 112 cm³/mol. The Morgan fingerprint density at radius 3 is 2.47 bits per heavy atom. The highest BCUT2D eigenvalue weighted by Gasteiger charge is 2.40. The molecule has 1 aliphatic heterocycles. The van der Waals surface area contributed by atoms with Crippen LogP contribution in [0.4, 0.5) is 5.69 Å². The molecule has 0 fully saturated rings. The van der Waals surface area contributed by atoms with Crippen LogP contribution in [0.5, 0.6) is 0 Å². The summed E-state index contributed by atoms with van der Waals surface area (Å²) in [6, 6.07) is 12.7. The highest BCUT2D eigenvalue weighted by atomic mass is 32.2. The van der Waals surface area contributed by atoms with E-state index in [0.29, 0.717) is 17.8 Å². The van der Waals surface area contributed by atoms with E-state index in [1.807, 2.05) is 6.92 Å². The number of rotatable bonds is 8. The van der Waals surface area contributed by atoms with Gasteiger partial charge in [-0.3, -0.25) is 14.4 Å². The molecule has 9 heteroatoms. The Morgan fingerprint density at radius 1 is 1.03 bits per heavy atom. The van der Waals surface area contributed by atoms with Crippen molar-refractivity contribution in [3.63, 3.8) is 0 Å². The first-order valence-corrected chi connectivity index (χ1v) is 11.1. The third kappa shape index (κ3) is 4.35. The molecule has 0 spiro atoms. The maximum absolute atomic E-state index is 12.5. The van der Waals surface area contributed by atoms with Gasteiger partial charge in [0.25, 0.3) is 21.8 Å². The zero-order valence-electron chi connectivity index (χ0n) is 16.6. The molecule has 0 saturated carbocycles. The van der Waals surface area contributed by atoms with Gasteiger partial charge in [0.15, 0.2) is 0 Å². The van der Waals surface area contributed by atoms with E-state index < -0.39 is 15.9 Å². The SMILES string of the molecule is CCCNC(=O)c1ccccc1NC(=O)CCCN1C(=O)c2ccccc2S1(=O)=O. The van der Waals surface area contributed by atoms with Gasteiger partial charge in [-0.1, -0.05) is 31.2 Å². The number of carbonyl (C=O) groups excluding carboxylic acids is 3. The molecule has 0 unspecified atom stereocenters. The van der Waals surface area contributed by atoms with Gasteiger partial charge < -0.3 is 10.6 Å². The molecule has 0 atom stereocenters. The molecule has 0 aliphatic carbocycles. The van der Waals surface area contributed by atoms with Crippen LogP contribution in [-0.4, -0.2) is 43.5 Å². The first kappa shape index (κ1) is 21.5. The molecule has 0 saturated heterocycles. The van der Waals surface area contributed by atoms with Gasteiger partial charge in [-0.15, -0.1) is 0 Å². The van der Waals surface area contributed by atoms with Gasteiger partial charge >= 0.3 is 0 Å². The summed E-state index contributed by atoms with van der Waals surface area (Å²) in [4.78, 5) is 37.0. The summed E-state index contributed by atoms with van der Waals surface area (Å²) in [7, 11) is -3.88. The van der Waals surface area contributed by atoms with Crippen molar-refractivity contribution >= 4 is 33.4 Å². The summed E-state index contributed by atoms with van der Waals surface area (Å²) < 4.78 is 25.9. The van der Waals surface area contributed by atoms with Crippen molar-refractivity contribution in [1.82, 2.24) is 9.62 Å². The Labute approximate surface area is 175 Å². The average molecular weight is 429 g/mol. The minimum absolute atomic E-state index is 0.000554. The fraction of sp³-hybridized carbons (Fsp3) is 0.286. The van der Waals surface area contributed by atoms with Crippen molar-refractivity contribution < 1.29 is 22.8 Å². The Kier molecular flexibility index (Phi) is 6.51. The fourth-order valence-electron chi connectivity index (χ4n) is 3.17. The topological polar surface area (TPSA) is 113 Å². The molecule has 3 rings (SSSR count). The molecule has 8 nitrogen and oxygen atoms in total. The lowest BCUT2D eigenvalue weighted by molar-refractivity contribution is -0.116. The van der Waals surface area contributed by atoms with E-state index in [4.69, 9.17) is 0 Å². The maximum atomic E-state index is 12.5. The number of carbonyl (C=O) groups is 3. The molecule has 2 aromatic carbocycles. The van der Waals surface area contributed by atoms with Gasteiger partial charge in [-0.05, 0) is 37.1 Å². The predicted octanol–water partition coefficient (Wildman–Crippen LogP) is 2.39. The van der Waals surface area contributed by atoms with Crippen LogP contribution in [-0.2, 0) is 14.8 Å². The van der Waals surface area contributed by atoms with Crippen molar-refractivity contribution in [1.29, 1.82) is 0 Å². The number of amides is 3. The summed E-state index contributed by atoms with van der Waals surface area (Å²) >= 11 is 0. The van der Waals surface area contributed by atoms with Crippen molar-refractivity contribution in [3.8, 4) is 0 Å². The van der Waals surface area contributed by atoms with Gasteiger partial charge in [-0.25, -0.2) is 12.7 Å². The third-order valence-corrected chi connectivity index (χ3v) is 6.50. The second-order valence-electron chi connectivity index (χ2n) is 6.83. The minimum atomic E-state index is -3.88. The van der Waals surface area contributed by atoms with Crippen LogP contribution in [0.2, 0.25) is 0 Å². The number of para-hydroxylation sites is 1. The van der Waals surface area contributed by atoms with Gasteiger partial charge in [0.1, 0.15) is 4.90 Å². The molecule has 158 valence electrons. The summed E-state index contributed by atoms with van der Waals surface area (Å²) in [5.41, 5.74) is 0.884. The highest BCUT2D eigenvalue weighted by molar-refractivity contribution is 7.90. The molecular formula is C21H23N3O5S. The molecule has 0 radical (unpaired) electrons. The molecule has 0 aromatic heterocycles. The first-order chi connectivity index (χ1) is 14.4. The lowest BCUT2D eigenvalue weighted by Gasteiger charge is -2.15. The Morgan fingerprint density at radius 2 is 1.73 bits per heavy atom. The Balaban J connectivity index is 1.59. The Hall–Kier alpha value is -3.20.